The van der Waals surface area contributed by atoms with Crippen molar-refractivity contribution in [3.63, 3.8) is 0 Å². The topological polar surface area (TPSA) is 154 Å². The largest absolute Gasteiger partial charge is 0.505 e. The predicted molar refractivity (Wildman–Crippen MR) is 136 cm³/mol. The van der Waals surface area contributed by atoms with Crippen LogP contribution < -0.4 is 16.2 Å². The van der Waals surface area contributed by atoms with Gasteiger partial charge in [0, 0.05) is 45.3 Å². The molecule has 38 heavy (non-hydrogen) atoms. The van der Waals surface area contributed by atoms with E-state index in [0.717, 1.165) is 12.0 Å². The van der Waals surface area contributed by atoms with Crippen molar-refractivity contribution >= 4 is 28.9 Å². The molecule has 1 aliphatic rings. The minimum absolute atomic E-state index is 0.00981. The number of nitrogens with zero attached hydrogens (tertiary/aromatic N) is 3. The zero-order chi connectivity index (χ0) is 27.2. The van der Waals surface area contributed by atoms with Crippen LogP contribution in [0, 0.1) is 5.82 Å². The van der Waals surface area contributed by atoms with Crippen molar-refractivity contribution in [2.75, 3.05) is 26.2 Å². The molecule has 0 spiro atoms. The van der Waals surface area contributed by atoms with Gasteiger partial charge in [0.1, 0.15) is 16.9 Å². The summed E-state index contributed by atoms with van der Waals surface area (Å²) in [7, 11) is 0. The molecule has 0 atom stereocenters. The number of benzene rings is 1. The van der Waals surface area contributed by atoms with Crippen LogP contribution in [-0.4, -0.2) is 68.8 Å². The summed E-state index contributed by atoms with van der Waals surface area (Å²) in [6.45, 7) is 1.11. The first-order valence-corrected chi connectivity index (χ1v) is 12.3. The molecule has 11 nitrogen and oxygen atoms in total. The minimum atomic E-state index is -1.27. The van der Waals surface area contributed by atoms with Gasteiger partial charge >= 0.3 is 6.09 Å². The maximum atomic E-state index is 13.4. The number of halogens is 1. The number of hydrogen-bond donors (Lipinski definition) is 4. The van der Waals surface area contributed by atoms with Crippen LogP contribution in [0.15, 0.2) is 41.3 Å². The van der Waals surface area contributed by atoms with Crippen molar-refractivity contribution in [3.8, 4) is 5.75 Å². The second-order valence-corrected chi connectivity index (χ2v) is 9.02. The number of rotatable bonds is 10. The standard InChI is InChI=1S/C26H28FN5O6/c27-18-6-4-16(5-7-18)13-17-14-19-22(30-15-17)23(34)21(25(36)32(19)12-9-29-26(37)38)24(35)28-8-2-11-31-10-1-3-20(31)33/h4-7,14-15,29,34H,1-3,8-13H2,(H,28,35)(H,37,38). The number of likely N-dealkylation sites (tertiary alicyclic amines) is 1. The first-order chi connectivity index (χ1) is 18.2. The van der Waals surface area contributed by atoms with Gasteiger partial charge in [0.05, 0.1) is 5.52 Å². The van der Waals surface area contributed by atoms with Crippen molar-refractivity contribution in [3.05, 3.63) is 69.4 Å². The molecular formula is C26H28FN5O6. The first-order valence-electron chi connectivity index (χ1n) is 12.3. The Bertz CT molecular complexity index is 1420. The van der Waals surface area contributed by atoms with Crippen LogP contribution in [0.4, 0.5) is 9.18 Å². The summed E-state index contributed by atoms with van der Waals surface area (Å²) in [5.74, 6) is -1.66. The predicted octanol–water partition coefficient (Wildman–Crippen LogP) is 1.84. The summed E-state index contributed by atoms with van der Waals surface area (Å²) in [6, 6.07) is 7.53. The van der Waals surface area contributed by atoms with Gasteiger partial charge in [-0.2, -0.15) is 0 Å². The molecule has 3 amide bonds. The van der Waals surface area contributed by atoms with Gasteiger partial charge in [0.15, 0.2) is 5.75 Å². The molecule has 1 aliphatic heterocycles. The number of aromatic hydroxyl groups is 1. The number of carbonyl (C=O) groups excluding carboxylic acids is 2. The molecule has 2 aromatic heterocycles. The van der Waals surface area contributed by atoms with E-state index in [1.807, 2.05) is 0 Å². The lowest BCUT2D eigenvalue weighted by Crippen LogP contribution is -2.37. The normalized spacial score (nSPS) is 13.2. The third kappa shape index (κ3) is 6.07. The van der Waals surface area contributed by atoms with Crippen LogP contribution in [0.3, 0.4) is 0 Å². The van der Waals surface area contributed by atoms with Crippen LogP contribution >= 0.6 is 0 Å². The highest BCUT2D eigenvalue weighted by molar-refractivity contribution is 6.01. The quantitative estimate of drug-likeness (QED) is 0.295. The average molecular weight is 526 g/mol. The van der Waals surface area contributed by atoms with Crippen molar-refractivity contribution in [1.82, 2.24) is 25.1 Å². The smallest absolute Gasteiger partial charge is 0.404 e. The van der Waals surface area contributed by atoms with Gasteiger partial charge < -0.3 is 30.3 Å². The number of carbonyl (C=O) groups is 3. The molecule has 1 fully saturated rings. The Hall–Kier alpha value is -4.48. The molecule has 1 saturated heterocycles. The molecule has 0 aliphatic carbocycles. The molecular weight excluding hydrogens is 497 g/mol. The van der Waals surface area contributed by atoms with Crippen LogP contribution in [-0.2, 0) is 17.8 Å². The van der Waals surface area contributed by atoms with E-state index in [9.17, 15) is 28.7 Å². The lowest BCUT2D eigenvalue weighted by molar-refractivity contribution is -0.127. The Morgan fingerprint density at radius 3 is 2.50 bits per heavy atom. The van der Waals surface area contributed by atoms with E-state index in [1.165, 1.54) is 22.9 Å². The van der Waals surface area contributed by atoms with Gasteiger partial charge in [-0.1, -0.05) is 12.1 Å². The number of carboxylic acid groups (broad SMARTS) is 1. The molecule has 3 aromatic rings. The number of nitrogens with one attached hydrogen (secondary N) is 2. The SMILES string of the molecule is O=C(O)NCCn1c(=O)c(C(=O)NCCCN2CCCC2=O)c(O)c2ncc(Cc3ccc(F)cc3)cc21. The Morgan fingerprint density at radius 1 is 1.05 bits per heavy atom. The number of pyridine rings is 2. The van der Waals surface area contributed by atoms with Gasteiger partial charge in [-0.3, -0.25) is 19.4 Å². The molecule has 1 aromatic carbocycles. The van der Waals surface area contributed by atoms with E-state index in [4.69, 9.17) is 5.11 Å². The lowest BCUT2D eigenvalue weighted by Gasteiger charge is -2.17. The van der Waals surface area contributed by atoms with Crippen LogP contribution in [0.2, 0.25) is 0 Å². The monoisotopic (exact) mass is 525 g/mol. The molecule has 0 bridgehead atoms. The number of hydrogen-bond acceptors (Lipinski definition) is 6. The van der Waals surface area contributed by atoms with Crippen molar-refractivity contribution in [2.45, 2.75) is 32.2 Å². The maximum absolute atomic E-state index is 13.4. The van der Waals surface area contributed by atoms with Crippen LogP contribution in [0.25, 0.3) is 11.0 Å². The third-order valence-corrected chi connectivity index (χ3v) is 6.36. The van der Waals surface area contributed by atoms with Crippen molar-refractivity contribution < 1.29 is 29.0 Å². The Kier molecular flexibility index (Phi) is 8.19. The van der Waals surface area contributed by atoms with Gasteiger partial charge in [0.2, 0.25) is 5.91 Å². The second kappa shape index (κ2) is 11.7. The highest BCUT2D eigenvalue weighted by atomic mass is 19.1. The molecule has 4 N–H and O–H groups in total. The fourth-order valence-electron chi connectivity index (χ4n) is 4.48. The van der Waals surface area contributed by atoms with Gasteiger partial charge in [-0.15, -0.1) is 0 Å². The fourth-order valence-corrected chi connectivity index (χ4v) is 4.48. The summed E-state index contributed by atoms with van der Waals surface area (Å²) < 4.78 is 14.5. The van der Waals surface area contributed by atoms with Gasteiger partial charge in [-0.05, 0) is 48.6 Å². The van der Waals surface area contributed by atoms with Gasteiger partial charge in [-0.25, -0.2) is 9.18 Å². The molecule has 0 unspecified atom stereocenters. The van der Waals surface area contributed by atoms with Crippen molar-refractivity contribution in [1.29, 1.82) is 0 Å². The molecule has 12 heteroatoms. The minimum Gasteiger partial charge on any atom is -0.505 e. The van der Waals surface area contributed by atoms with E-state index in [-0.39, 0.29) is 42.4 Å². The molecule has 0 saturated carbocycles. The van der Waals surface area contributed by atoms with Crippen LogP contribution in [0.5, 0.6) is 5.75 Å². The Labute approximate surface area is 216 Å². The highest BCUT2D eigenvalue weighted by Crippen LogP contribution is 2.26. The zero-order valence-corrected chi connectivity index (χ0v) is 20.6. The highest BCUT2D eigenvalue weighted by Gasteiger charge is 2.24. The maximum Gasteiger partial charge on any atom is 0.404 e. The zero-order valence-electron chi connectivity index (χ0n) is 20.6. The van der Waals surface area contributed by atoms with Crippen molar-refractivity contribution in [2.24, 2.45) is 0 Å². The molecule has 4 rings (SSSR count). The fraction of sp³-hybridized carbons (Fsp3) is 0.346. The number of amides is 3. The van der Waals surface area contributed by atoms with E-state index in [2.05, 4.69) is 15.6 Å². The average Bonchev–Trinajstić information content (AvgIpc) is 3.29. The van der Waals surface area contributed by atoms with E-state index in [1.54, 1.807) is 23.1 Å². The summed E-state index contributed by atoms with van der Waals surface area (Å²) in [5, 5.41) is 24.6. The number of fused-ring (bicyclic) bond motifs is 1. The molecule has 200 valence electrons. The lowest BCUT2D eigenvalue weighted by atomic mass is 10.1. The third-order valence-electron chi connectivity index (χ3n) is 6.36. The summed E-state index contributed by atoms with van der Waals surface area (Å²) in [4.78, 5) is 55.0. The van der Waals surface area contributed by atoms with E-state index < -0.39 is 28.9 Å². The molecule has 3 heterocycles. The summed E-state index contributed by atoms with van der Waals surface area (Å²) >= 11 is 0. The van der Waals surface area contributed by atoms with E-state index >= 15 is 0 Å². The Morgan fingerprint density at radius 2 is 1.82 bits per heavy atom. The second-order valence-electron chi connectivity index (χ2n) is 9.02. The summed E-state index contributed by atoms with van der Waals surface area (Å²) in [5.41, 5.74) is 0.402. The Balaban J connectivity index is 1.61. The number of aromatic nitrogens is 2. The summed E-state index contributed by atoms with van der Waals surface area (Å²) in [6.07, 6.45) is 2.40. The molecule has 0 radical (unpaired) electrons. The van der Waals surface area contributed by atoms with E-state index in [0.29, 0.717) is 37.9 Å². The van der Waals surface area contributed by atoms with Crippen LogP contribution in [0.1, 0.15) is 40.7 Å². The van der Waals surface area contributed by atoms with Gasteiger partial charge in [0.25, 0.3) is 11.5 Å². The first kappa shape index (κ1) is 26.6.